The lowest BCUT2D eigenvalue weighted by Gasteiger charge is -2.42. The second-order valence-corrected chi connectivity index (χ2v) is 9.22. The molecule has 1 aliphatic heterocycles. The maximum atomic E-state index is 13.3. The van der Waals surface area contributed by atoms with Gasteiger partial charge >= 0.3 is 12.4 Å². The van der Waals surface area contributed by atoms with Crippen molar-refractivity contribution in [3.05, 3.63) is 95.2 Å². The quantitative estimate of drug-likeness (QED) is 0.329. The number of benzene rings is 2. The first-order valence-corrected chi connectivity index (χ1v) is 11.9. The van der Waals surface area contributed by atoms with Crippen LogP contribution in [0.5, 0.6) is 0 Å². The third-order valence-electron chi connectivity index (χ3n) is 6.61. The van der Waals surface area contributed by atoms with Gasteiger partial charge in [0.2, 0.25) is 0 Å². The predicted octanol–water partition coefficient (Wildman–Crippen LogP) is 6.96. The van der Waals surface area contributed by atoms with Crippen molar-refractivity contribution in [2.75, 3.05) is 18.5 Å². The van der Waals surface area contributed by atoms with Crippen molar-refractivity contribution in [2.24, 2.45) is 0 Å². The highest BCUT2D eigenvalue weighted by atomic mass is 19.4. The number of aromatic nitrogens is 1. The number of halogens is 6. The van der Waals surface area contributed by atoms with Crippen LogP contribution in [0, 0.1) is 0 Å². The Bertz CT molecular complexity index is 1130. The normalized spacial score (nSPS) is 21.4. The summed E-state index contributed by atoms with van der Waals surface area (Å²) in [6.07, 6.45) is -7.76. The molecular weight excluding hydrogens is 496 g/mol. The van der Waals surface area contributed by atoms with Crippen molar-refractivity contribution in [3.8, 4) is 0 Å². The zero-order valence-corrected chi connectivity index (χ0v) is 20.0. The van der Waals surface area contributed by atoms with Crippen molar-refractivity contribution in [1.29, 1.82) is 0 Å². The average Bonchev–Trinajstić information content (AvgIpc) is 2.88. The van der Waals surface area contributed by atoms with Gasteiger partial charge < -0.3 is 15.4 Å². The van der Waals surface area contributed by atoms with Gasteiger partial charge in [0.25, 0.3) is 0 Å². The summed E-state index contributed by atoms with van der Waals surface area (Å²) in [5.74, 6) is 0.747. The molecule has 1 aliphatic rings. The number of pyridine rings is 1. The van der Waals surface area contributed by atoms with Gasteiger partial charge in [-0.2, -0.15) is 26.3 Å². The van der Waals surface area contributed by atoms with E-state index in [2.05, 4.69) is 15.6 Å². The van der Waals surface area contributed by atoms with Crippen LogP contribution in [0.4, 0.5) is 32.2 Å². The highest BCUT2D eigenvalue weighted by molar-refractivity contribution is 5.36. The lowest BCUT2D eigenvalue weighted by Crippen LogP contribution is -2.55. The van der Waals surface area contributed by atoms with Crippen LogP contribution < -0.4 is 10.6 Å². The highest BCUT2D eigenvalue weighted by Crippen LogP contribution is 2.39. The fourth-order valence-electron chi connectivity index (χ4n) is 4.50. The summed E-state index contributed by atoms with van der Waals surface area (Å²) in [5.41, 5.74) is -2.63. The van der Waals surface area contributed by atoms with Crippen LogP contribution in [0.2, 0.25) is 0 Å². The summed E-state index contributed by atoms with van der Waals surface area (Å²) in [6.45, 7) is 2.08. The number of hydrogen-bond donors (Lipinski definition) is 2. The smallest absolute Gasteiger partial charge is 0.372 e. The number of ether oxygens (including phenoxy) is 1. The van der Waals surface area contributed by atoms with Crippen LogP contribution >= 0.6 is 0 Å². The van der Waals surface area contributed by atoms with E-state index in [1.807, 2.05) is 48.5 Å². The summed E-state index contributed by atoms with van der Waals surface area (Å²) >= 11 is 0. The summed E-state index contributed by atoms with van der Waals surface area (Å²) in [4.78, 5) is 4.29. The van der Waals surface area contributed by atoms with Crippen LogP contribution in [-0.4, -0.2) is 24.2 Å². The lowest BCUT2D eigenvalue weighted by atomic mass is 9.81. The van der Waals surface area contributed by atoms with Crippen molar-refractivity contribution in [2.45, 2.75) is 49.8 Å². The van der Waals surface area contributed by atoms with Crippen molar-refractivity contribution in [3.63, 3.8) is 0 Å². The fourth-order valence-corrected chi connectivity index (χ4v) is 4.50. The second-order valence-electron chi connectivity index (χ2n) is 9.22. The number of hydrogen-bond acceptors (Lipinski definition) is 4. The number of nitrogens with zero attached hydrogens (tertiary/aromatic N) is 1. The number of anilines is 1. The molecule has 0 saturated carbocycles. The lowest BCUT2D eigenvalue weighted by molar-refractivity contribution is -0.143. The summed E-state index contributed by atoms with van der Waals surface area (Å²) in [5, 5.41) is 6.90. The van der Waals surface area contributed by atoms with Gasteiger partial charge in [0.05, 0.1) is 29.4 Å². The van der Waals surface area contributed by atoms with Crippen LogP contribution in [0.3, 0.4) is 0 Å². The Morgan fingerprint density at radius 2 is 1.62 bits per heavy atom. The number of alkyl halides is 6. The Labute approximate surface area is 211 Å². The molecule has 2 aromatic carbocycles. The van der Waals surface area contributed by atoms with Crippen LogP contribution in [-0.2, 0) is 22.6 Å². The third-order valence-corrected chi connectivity index (χ3v) is 6.61. The number of piperidine rings is 1. The molecule has 1 aromatic heterocycles. The van der Waals surface area contributed by atoms with Gasteiger partial charge in [-0.15, -0.1) is 0 Å². The Morgan fingerprint density at radius 1 is 0.973 bits per heavy atom. The summed E-state index contributed by atoms with van der Waals surface area (Å²) in [6, 6.07) is 16.7. The van der Waals surface area contributed by atoms with Gasteiger partial charge in [0.1, 0.15) is 5.82 Å². The first-order chi connectivity index (χ1) is 17.5. The van der Waals surface area contributed by atoms with E-state index < -0.39 is 35.1 Å². The molecule has 2 heterocycles. The minimum absolute atomic E-state index is 0.0616. The standard InChI is InChI=1S/C27H27F6N3O/c1-18(19-13-21(26(28,29)30)15-22(14-19)27(31,32)33)37-17-25(20-7-3-2-4-8-20)11-10-23(16-35-25)36-24-9-5-6-12-34-24/h2-9,12-15,18,23,35H,10-11,16-17H2,1H3,(H,34,36)/t18-,23?,25-/m1/s1. The Kier molecular flexibility index (Phi) is 7.80. The first-order valence-electron chi connectivity index (χ1n) is 11.9. The zero-order valence-electron chi connectivity index (χ0n) is 20.0. The van der Waals surface area contributed by atoms with E-state index in [4.69, 9.17) is 4.74 Å². The zero-order chi connectivity index (χ0) is 26.7. The van der Waals surface area contributed by atoms with Gasteiger partial charge in [-0.05, 0) is 61.2 Å². The minimum atomic E-state index is -4.92. The number of rotatable bonds is 7. The van der Waals surface area contributed by atoms with Crippen LogP contribution in [0.1, 0.15) is 48.1 Å². The maximum absolute atomic E-state index is 13.3. The average molecular weight is 524 g/mol. The van der Waals surface area contributed by atoms with Crippen LogP contribution in [0.15, 0.2) is 72.9 Å². The first kappa shape index (κ1) is 26.9. The van der Waals surface area contributed by atoms with Gasteiger partial charge in [0.15, 0.2) is 0 Å². The molecule has 0 aliphatic carbocycles. The Balaban J connectivity index is 1.53. The van der Waals surface area contributed by atoms with Gasteiger partial charge in [-0.1, -0.05) is 36.4 Å². The predicted molar refractivity (Wildman–Crippen MR) is 128 cm³/mol. The van der Waals surface area contributed by atoms with E-state index in [-0.39, 0.29) is 24.3 Å². The van der Waals surface area contributed by atoms with Crippen molar-refractivity contribution >= 4 is 5.82 Å². The molecule has 0 bridgehead atoms. The molecule has 3 aromatic rings. The minimum Gasteiger partial charge on any atom is -0.372 e. The molecule has 4 nitrogen and oxygen atoms in total. The molecular formula is C27H27F6N3O. The summed E-state index contributed by atoms with van der Waals surface area (Å²) < 4.78 is 85.9. The molecule has 1 fully saturated rings. The SMILES string of the molecule is C[C@@H](OC[C@@]1(c2ccccc2)CCC(Nc2ccccn2)CN1)c1cc(C(F)(F)F)cc(C(F)(F)F)c1. The topological polar surface area (TPSA) is 46.2 Å². The van der Waals surface area contributed by atoms with E-state index in [0.29, 0.717) is 13.0 Å². The highest BCUT2D eigenvalue weighted by Gasteiger charge is 2.39. The molecule has 198 valence electrons. The van der Waals surface area contributed by atoms with Crippen molar-refractivity contribution < 1.29 is 31.1 Å². The molecule has 4 rings (SSSR count). The van der Waals surface area contributed by atoms with Gasteiger partial charge in [0, 0.05) is 18.8 Å². The second kappa shape index (κ2) is 10.7. The Hall–Kier alpha value is -3.11. The van der Waals surface area contributed by atoms with Gasteiger partial charge in [-0.25, -0.2) is 4.98 Å². The fraction of sp³-hybridized carbons (Fsp3) is 0.370. The maximum Gasteiger partial charge on any atom is 0.416 e. The van der Waals surface area contributed by atoms with E-state index in [1.165, 1.54) is 6.92 Å². The van der Waals surface area contributed by atoms with Crippen LogP contribution in [0.25, 0.3) is 0 Å². The molecule has 37 heavy (non-hydrogen) atoms. The van der Waals surface area contributed by atoms with Crippen molar-refractivity contribution in [1.82, 2.24) is 10.3 Å². The summed E-state index contributed by atoms with van der Waals surface area (Å²) in [7, 11) is 0. The Morgan fingerprint density at radius 3 is 2.16 bits per heavy atom. The molecule has 0 amide bonds. The molecule has 1 saturated heterocycles. The number of nitrogens with one attached hydrogen (secondary N) is 2. The monoisotopic (exact) mass is 523 g/mol. The third kappa shape index (κ3) is 6.61. The van der Waals surface area contributed by atoms with E-state index in [0.717, 1.165) is 29.9 Å². The molecule has 0 spiro atoms. The largest absolute Gasteiger partial charge is 0.416 e. The molecule has 1 unspecified atom stereocenters. The van der Waals surface area contributed by atoms with E-state index in [9.17, 15) is 26.3 Å². The van der Waals surface area contributed by atoms with E-state index in [1.54, 1.807) is 6.20 Å². The molecule has 3 atom stereocenters. The van der Waals surface area contributed by atoms with E-state index >= 15 is 0 Å². The molecule has 10 heteroatoms. The molecule has 0 radical (unpaired) electrons. The van der Waals surface area contributed by atoms with Gasteiger partial charge in [-0.3, -0.25) is 0 Å². The molecule has 2 N–H and O–H groups in total.